The van der Waals surface area contributed by atoms with Gasteiger partial charge in [0.25, 0.3) is 0 Å². The largest absolute Gasteiger partial charge is 0.385 e. The fraction of sp³-hybridized carbons (Fsp3) is 1.00. The van der Waals surface area contributed by atoms with Crippen LogP contribution in [0.4, 0.5) is 0 Å². The van der Waals surface area contributed by atoms with Crippen LogP contribution >= 0.6 is 0 Å². The number of ether oxygens (including phenoxy) is 1. The SMILES string of the molecule is CCC1CN(CCCOC)C(CC)(CC)CN1. The van der Waals surface area contributed by atoms with E-state index in [1.165, 1.54) is 32.4 Å². The second-order valence-electron chi connectivity index (χ2n) is 5.21. The van der Waals surface area contributed by atoms with Crippen LogP contribution in [0.2, 0.25) is 0 Å². The van der Waals surface area contributed by atoms with E-state index in [2.05, 4.69) is 31.0 Å². The number of nitrogens with zero attached hydrogens (tertiary/aromatic N) is 1. The number of nitrogens with one attached hydrogen (secondary N) is 1. The molecule has 0 aliphatic carbocycles. The van der Waals surface area contributed by atoms with Crippen molar-refractivity contribution in [1.29, 1.82) is 0 Å². The van der Waals surface area contributed by atoms with E-state index in [1.807, 2.05) is 0 Å². The van der Waals surface area contributed by atoms with Crippen LogP contribution in [-0.2, 0) is 4.74 Å². The fourth-order valence-corrected chi connectivity index (χ4v) is 2.92. The van der Waals surface area contributed by atoms with E-state index >= 15 is 0 Å². The van der Waals surface area contributed by atoms with Crippen molar-refractivity contribution in [2.75, 3.05) is 33.4 Å². The molecule has 17 heavy (non-hydrogen) atoms. The van der Waals surface area contributed by atoms with E-state index in [0.717, 1.165) is 19.6 Å². The van der Waals surface area contributed by atoms with Gasteiger partial charge in [-0.05, 0) is 25.7 Å². The highest BCUT2D eigenvalue weighted by atomic mass is 16.5. The minimum absolute atomic E-state index is 0.374. The Morgan fingerprint density at radius 2 is 2.00 bits per heavy atom. The van der Waals surface area contributed by atoms with Gasteiger partial charge < -0.3 is 10.1 Å². The lowest BCUT2D eigenvalue weighted by molar-refractivity contribution is 0.0242. The van der Waals surface area contributed by atoms with Crippen molar-refractivity contribution in [2.24, 2.45) is 0 Å². The molecule has 1 atom stereocenters. The van der Waals surface area contributed by atoms with Crippen LogP contribution in [0.3, 0.4) is 0 Å². The summed E-state index contributed by atoms with van der Waals surface area (Å²) < 4.78 is 5.18. The van der Waals surface area contributed by atoms with Crippen molar-refractivity contribution in [3.63, 3.8) is 0 Å². The molecule has 3 nitrogen and oxygen atoms in total. The van der Waals surface area contributed by atoms with Gasteiger partial charge in [0.1, 0.15) is 0 Å². The fourth-order valence-electron chi connectivity index (χ4n) is 2.92. The van der Waals surface area contributed by atoms with E-state index in [0.29, 0.717) is 11.6 Å². The molecule has 3 heteroatoms. The Hall–Kier alpha value is -0.120. The molecule has 1 aliphatic heterocycles. The lowest BCUT2D eigenvalue weighted by Crippen LogP contribution is -2.64. The first-order valence-corrected chi connectivity index (χ1v) is 7.19. The predicted octanol–water partition coefficient (Wildman–Crippen LogP) is 2.27. The molecule has 1 fully saturated rings. The molecule has 102 valence electrons. The van der Waals surface area contributed by atoms with Gasteiger partial charge in [0.15, 0.2) is 0 Å². The van der Waals surface area contributed by atoms with Crippen LogP contribution in [0, 0.1) is 0 Å². The number of hydrogen-bond acceptors (Lipinski definition) is 3. The maximum Gasteiger partial charge on any atom is 0.0474 e. The van der Waals surface area contributed by atoms with Gasteiger partial charge in [0.2, 0.25) is 0 Å². The summed E-state index contributed by atoms with van der Waals surface area (Å²) in [6.07, 6.45) is 4.85. The molecule has 1 rings (SSSR count). The molecule has 0 saturated carbocycles. The monoisotopic (exact) mass is 242 g/mol. The average Bonchev–Trinajstić information content (AvgIpc) is 2.39. The summed E-state index contributed by atoms with van der Waals surface area (Å²) in [6.45, 7) is 11.3. The van der Waals surface area contributed by atoms with Crippen LogP contribution in [0.25, 0.3) is 0 Å². The van der Waals surface area contributed by atoms with Crippen molar-refractivity contribution in [3.8, 4) is 0 Å². The molecule has 0 aromatic heterocycles. The molecule has 0 spiro atoms. The van der Waals surface area contributed by atoms with Crippen molar-refractivity contribution in [2.45, 2.75) is 58.0 Å². The highest BCUT2D eigenvalue weighted by molar-refractivity contribution is 4.97. The third-order valence-corrected chi connectivity index (χ3v) is 4.42. The molecule has 0 aromatic carbocycles. The average molecular weight is 242 g/mol. The molecule has 0 bridgehead atoms. The van der Waals surface area contributed by atoms with E-state index in [1.54, 1.807) is 7.11 Å². The van der Waals surface area contributed by atoms with E-state index in [-0.39, 0.29) is 0 Å². The zero-order valence-electron chi connectivity index (χ0n) is 12.1. The van der Waals surface area contributed by atoms with Gasteiger partial charge in [-0.2, -0.15) is 0 Å². The maximum atomic E-state index is 5.18. The standard InChI is InChI=1S/C14H30N2O/c1-5-13-11-16(9-8-10-17-4)14(6-2,7-3)12-15-13/h13,15H,5-12H2,1-4H3. The molecule has 0 radical (unpaired) electrons. The van der Waals surface area contributed by atoms with Crippen LogP contribution in [0.15, 0.2) is 0 Å². The van der Waals surface area contributed by atoms with Crippen molar-refractivity contribution in [1.82, 2.24) is 10.2 Å². The highest BCUT2D eigenvalue weighted by Crippen LogP contribution is 2.27. The number of rotatable bonds is 7. The van der Waals surface area contributed by atoms with Gasteiger partial charge in [-0.1, -0.05) is 20.8 Å². The molecular weight excluding hydrogens is 212 g/mol. The van der Waals surface area contributed by atoms with Gasteiger partial charge in [0.05, 0.1) is 0 Å². The van der Waals surface area contributed by atoms with Crippen molar-refractivity contribution >= 4 is 0 Å². The van der Waals surface area contributed by atoms with Crippen LogP contribution < -0.4 is 5.32 Å². The minimum Gasteiger partial charge on any atom is -0.385 e. The normalized spacial score (nSPS) is 25.1. The van der Waals surface area contributed by atoms with Crippen LogP contribution in [0.5, 0.6) is 0 Å². The Balaban J connectivity index is 2.60. The first-order valence-electron chi connectivity index (χ1n) is 7.19. The number of hydrogen-bond donors (Lipinski definition) is 1. The first kappa shape index (κ1) is 14.9. The third kappa shape index (κ3) is 3.67. The Bertz CT molecular complexity index is 204. The van der Waals surface area contributed by atoms with Gasteiger partial charge in [-0.15, -0.1) is 0 Å². The third-order valence-electron chi connectivity index (χ3n) is 4.42. The topological polar surface area (TPSA) is 24.5 Å². The summed E-state index contributed by atoms with van der Waals surface area (Å²) in [5.74, 6) is 0. The van der Waals surface area contributed by atoms with Gasteiger partial charge in [0, 0.05) is 44.9 Å². The minimum atomic E-state index is 0.374. The summed E-state index contributed by atoms with van der Waals surface area (Å²) in [6, 6.07) is 0.670. The van der Waals surface area contributed by atoms with E-state index < -0.39 is 0 Å². The zero-order chi connectivity index (χ0) is 12.7. The van der Waals surface area contributed by atoms with Crippen LogP contribution in [-0.4, -0.2) is 49.8 Å². The molecule has 1 N–H and O–H groups in total. The molecule has 1 saturated heterocycles. The van der Waals surface area contributed by atoms with Gasteiger partial charge in [-0.3, -0.25) is 4.90 Å². The quantitative estimate of drug-likeness (QED) is 0.693. The Kier molecular flexibility index (Phi) is 6.45. The first-order chi connectivity index (χ1) is 8.22. The predicted molar refractivity (Wildman–Crippen MR) is 73.5 cm³/mol. The Morgan fingerprint density at radius 3 is 2.53 bits per heavy atom. The summed E-state index contributed by atoms with van der Waals surface area (Å²) >= 11 is 0. The number of methoxy groups -OCH3 is 1. The molecule has 0 amide bonds. The highest BCUT2D eigenvalue weighted by Gasteiger charge is 2.37. The van der Waals surface area contributed by atoms with Gasteiger partial charge >= 0.3 is 0 Å². The zero-order valence-corrected chi connectivity index (χ0v) is 12.1. The maximum absolute atomic E-state index is 5.18. The molecular formula is C14H30N2O. The Morgan fingerprint density at radius 1 is 1.29 bits per heavy atom. The summed E-state index contributed by atoms with van der Waals surface area (Å²) in [5.41, 5.74) is 0.374. The molecule has 1 unspecified atom stereocenters. The summed E-state index contributed by atoms with van der Waals surface area (Å²) in [7, 11) is 1.79. The molecule has 0 aromatic rings. The summed E-state index contributed by atoms with van der Waals surface area (Å²) in [4.78, 5) is 2.71. The van der Waals surface area contributed by atoms with Gasteiger partial charge in [-0.25, -0.2) is 0 Å². The van der Waals surface area contributed by atoms with E-state index in [9.17, 15) is 0 Å². The lowest BCUT2D eigenvalue weighted by Gasteiger charge is -2.49. The summed E-state index contributed by atoms with van der Waals surface area (Å²) in [5, 5.41) is 3.71. The second-order valence-corrected chi connectivity index (χ2v) is 5.21. The van der Waals surface area contributed by atoms with Crippen molar-refractivity contribution < 1.29 is 4.74 Å². The van der Waals surface area contributed by atoms with Crippen LogP contribution in [0.1, 0.15) is 46.5 Å². The Labute approximate surface area is 107 Å². The number of piperazine rings is 1. The smallest absolute Gasteiger partial charge is 0.0474 e. The lowest BCUT2D eigenvalue weighted by atomic mass is 9.86. The van der Waals surface area contributed by atoms with Crippen molar-refractivity contribution in [3.05, 3.63) is 0 Å². The second kappa shape index (κ2) is 7.34. The molecule has 1 heterocycles. The molecule has 1 aliphatic rings. The van der Waals surface area contributed by atoms with E-state index in [4.69, 9.17) is 4.74 Å².